The van der Waals surface area contributed by atoms with Crippen molar-refractivity contribution in [2.24, 2.45) is 23.7 Å². The van der Waals surface area contributed by atoms with Crippen molar-refractivity contribution in [2.75, 3.05) is 0 Å². The molecule has 0 aliphatic heterocycles. The second-order valence-corrected chi connectivity index (χ2v) is 12.9. The number of aryl methyl sites for hydroxylation is 4. The fourth-order valence-electron chi connectivity index (χ4n) is 5.26. The summed E-state index contributed by atoms with van der Waals surface area (Å²) < 4.78 is 0. The maximum absolute atomic E-state index is 11.4. The lowest BCUT2D eigenvalue weighted by Crippen LogP contribution is -2.04. The molecule has 4 unspecified atom stereocenters. The number of rotatable bonds is 18. The van der Waals surface area contributed by atoms with Gasteiger partial charge in [0, 0.05) is 6.42 Å². The van der Waals surface area contributed by atoms with E-state index in [1.165, 1.54) is 36.8 Å². The van der Waals surface area contributed by atoms with Crippen LogP contribution < -0.4 is 0 Å². The van der Waals surface area contributed by atoms with Crippen LogP contribution >= 0.6 is 0 Å². The summed E-state index contributed by atoms with van der Waals surface area (Å²) >= 11 is 0. The Bertz CT molecular complexity index is 912. The van der Waals surface area contributed by atoms with Crippen molar-refractivity contribution < 1.29 is 10.2 Å². The van der Waals surface area contributed by atoms with E-state index in [9.17, 15) is 10.2 Å². The number of phenols is 2. The van der Waals surface area contributed by atoms with Crippen LogP contribution in [-0.4, -0.2) is 10.2 Å². The molecule has 0 spiro atoms. The van der Waals surface area contributed by atoms with Crippen LogP contribution in [0.2, 0.25) is 0 Å². The van der Waals surface area contributed by atoms with Gasteiger partial charge in [-0.05, 0) is 108 Å². The molecule has 0 aromatic heterocycles. The first-order chi connectivity index (χ1) is 18.6. The highest BCUT2D eigenvalue weighted by Crippen LogP contribution is 2.35. The van der Waals surface area contributed by atoms with Gasteiger partial charge in [-0.3, -0.25) is 0 Å². The Labute approximate surface area is 241 Å². The quantitative estimate of drug-likeness (QED) is 0.199. The highest BCUT2D eigenvalue weighted by Gasteiger charge is 2.17. The fourth-order valence-corrected chi connectivity index (χ4v) is 5.26. The molecule has 2 heteroatoms. The van der Waals surface area contributed by atoms with E-state index >= 15 is 0 Å². The molecule has 220 valence electrons. The van der Waals surface area contributed by atoms with E-state index in [2.05, 4.69) is 79.7 Å². The SMILES string of the molecule is CCC(C)CCc1cc(CCC(C)CC)c(O)c(Cc2cc(CCC(C)CC)cc(CCC(C)CC)c2O)c1. The molecule has 2 N–H and O–H groups in total. The van der Waals surface area contributed by atoms with Gasteiger partial charge in [0.15, 0.2) is 0 Å². The minimum atomic E-state index is 0.441. The predicted octanol–water partition coefficient (Wildman–Crippen LogP) is 10.6. The largest absolute Gasteiger partial charge is 0.507 e. The molecule has 2 rings (SSSR count). The van der Waals surface area contributed by atoms with Gasteiger partial charge in [-0.1, -0.05) is 105 Å². The molecule has 4 atom stereocenters. The fraction of sp³-hybridized carbons (Fsp3) is 0.676. The maximum atomic E-state index is 11.4. The molecule has 0 heterocycles. The van der Waals surface area contributed by atoms with E-state index in [1.807, 2.05) is 0 Å². The van der Waals surface area contributed by atoms with E-state index in [0.29, 0.717) is 41.6 Å². The summed E-state index contributed by atoms with van der Waals surface area (Å²) in [4.78, 5) is 0. The summed E-state index contributed by atoms with van der Waals surface area (Å²) in [5.74, 6) is 3.58. The lowest BCUT2D eigenvalue weighted by molar-refractivity contribution is 0.446. The molecule has 39 heavy (non-hydrogen) atoms. The van der Waals surface area contributed by atoms with E-state index in [-0.39, 0.29) is 0 Å². The number of benzene rings is 2. The molecule has 0 saturated carbocycles. The summed E-state index contributed by atoms with van der Waals surface area (Å²) in [7, 11) is 0. The molecule has 0 aliphatic rings. The Morgan fingerprint density at radius 1 is 0.462 bits per heavy atom. The van der Waals surface area contributed by atoms with E-state index in [4.69, 9.17) is 0 Å². The van der Waals surface area contributed by atoms with Gasteiger partial charge in [-0.15, -0.1) is 0 Å². The van der Waals surface area contributed by atoms with E-state index < -0.39 is 0 Å². The molecule has 0 aliphatic carbocycles. The number of hydrogen-bond acceptors (Lipinski definition) is 2. The molecular weight excluding hydrogens is 476 g/mol. The Kier molecular flexibility index (Phi) is 14.5. The minimum absolute atomic E-state index is 0.441. The molecule has 0 amide bonds. The van der Waals surface area contributed by atoms with Crippen LogP contribution in [0.25, 0.3) is 0 Å². The molecule has 0 fully saturated rings. The van der Waals surface area contributed by atoms with Crippen LogP contribution in [-0.2, 0) is 32.1 Å². The minimum Gasteiger partial charge on any atom is -0.507 e. The summed E-state index contributed by atoms with van der Waals surface area (Å²) in [6, 6.07) is 8.94. The molecule has 2 nitrogen and oxygen atoms in total. The van der Waals surface area contributed by atoms with Gasteiger partial charge in [-0.2, -0.15) is 0 Å². The van der Waals surface area contributed by atoms with Crippen molar-refractivity contribution in [1.29, 1.82) is 0 Å². The third kappa shape index (κ3) is 10.8. The topological polar surface area (TPSA) is 40.5 Å². The third-order valence-electron chi connectivity index (χ3n) is 9.49. The summed E-state index contributed by atoms with van der Waals surface area (Å²) in [5, 5.41) is 22.9. The number of hydrogen-bond donors (Lipinski definition) is 2. The standard InChI is InChI=1S/C37H60O2/c1-9-26(5)13-17-30-21-32(19-15-28(7)11-3)36(38)34(23-30)25-35-24-31(18-14-27(6)10-2)22-33(37(35)39)20-16-29(8)12-4/h21-24,26-29,38-39H,9-20,25H2,1-8H3. The van der Waals surface area contributed by atoms with E-state index in [1.54, 1.807) is 0 Å². The third-order valence-corrected chi connectivity index (χ3v) is 9.49. The molecule has 2 aromatic carbocycles. The average Bonchev–Trinajstić information content (AvgIpc) is 2.94. The zero-order valence-electron chi connectivity index (χ0n) is 26.7. The van der Waals surface area contributed by atoms with Gasteiger partial charge in [0.1, 0.15) is 11.5 Å². The van der Waals surface area contributed by atoms with Crippen molar-refractivity contribution in [1.82, 2.24) is 0 Å². The number of phenolic OH excluding ortho intramolecular Hbond substituents is 2. The summed E-state index contributed by atoms with van der Waals surface area (Å²) in [5.41, 5.74) is 6.75. The van der Waals surface area contributed by atoms with Crippen molar-refractivity contribution in [3.8, 4) is 11.5 Å². The smallest absolute Gasteiger partial charge is 0.122 e. The second-order valence-electron chi connectivity index (χ2n) is 12.9. The predicted molar refractivity (Wildman–Crippen MR) is 170 cm³/mol. The first kappa shape index (κ1) is 33.2. The van der Waals surface area contributed by atoms with E-state index in [0.717, 1.165) is 73.6 Å². The van der Waals surface area contributed by atoms with Crippen LogP contribution in [0.1, 0.15) is 140 Å². The van der Waals surface area contributed by atoms with Crippen LogP contribution in [0.15, 0.2) is 24.3 Å². The molecule has 2 aromatic rings. The Morgan fingerprint density at radius 2 is 0.744 bits per heavy atom. The first-order valence-corrected chi connectivity index (χ1v) is 16.3. The Morgan fingerprint density at radius 3 is 1.05 bits per heavy atom. The van der Waals surface area contributed by atoms with Crippen molar-refractivity contribution in [3.05, 3.63) is 57.6 Å². The molecule has 0 bridgehead atoms. The zero-order valence-corrected chi connectivity index (χ0v) is 26.7. The molecule has 0 saturated heterocycles. The van der Waals surface area contributed by atoms with Crippen molar-refractivity contribution in [2.45, 2.75) is 139 Å². The summed E-state index contributed by atoms with van der Waals surface area (Å²) in [6.07, 6.45) is 13.7. The summed E-state index contributed by atoms with van der Waals surface area (Å²) in [6.45, 7) is 18.3. The zero-order chi connectivity index (χ0) is 28.9. The monoisotopic (exact) mass is 536 g/mol. The Hall–Kier alpha value is -1.96. The lowest BCUT2D eigenvalue weighted by Gasteiger charge is -2.19. The van der Waals surface area contributed by atoms with Crippen LogP contribution in [0.4, 0.5) is 0 Å². The van der Waals surface area contributed by atoms with Crippen molar-refractivity contribution >= 4 is 0 Å². The maximum Gasteiger partial charge on any atom is 0.122 e. The van der Waals surface area contributed by atoms with Gasteiger partial charge in [0.05, 0.1) is 0 Å². The normalized spacial score (nSPS) is 14.8. The van der Waals surface area contributed by atoms with Crippen LogP contribution in [0, 0.1) is 23.7 Å². The van der Waals surface area contributed by atoms with Crippen LogP contribution in [0.5, 0.6) is 11.5 Å². The number of aromatic hydroxyl groups is 2. The average molecular weight is 537 g/mol. The second kappa shape index (κ2) is 17.0. The van der Waals surface area contributed by atoms with Gasteiger partial charge >= 0.3 is 0 Å². The highest BCUT2D eigenvalue weighted by molar-refractivity contribution is 5.51. The Balaban J connectivity index is 2.46. The van der Waals surface area contributed by atoms with Gasteiger partial charge < -0.3 is 10.2 Å². The van der Waals surface area contributed by atoms with Gasteiger partial charge in [0.2, 0.25) is 0 Å². The molecule has 0 radical (unpaired) electrons. The van der Waals surface area contributed by atoms with Gasteiger partial charge in [-0.25, -0.2) is 0 Å². The van der Waals surface area contributed by atoms with Crippen LogP contribution in [0.3, 0.4) is 0 Å². The first-order valence-electron chi connectivity index (χ1n) is 16.3. The van der Waals surface area contributed by atoms with Crippen molar-refractivity contribution in [3.63, 3.8) is 0 Å². The highest BCUT2D eigenvalue weighted by atomic mass is 16.3. The molecular formula is C37H60O2. The van der Waals surface area contributed by atoms with Gasteiger partial charge in [0.25, 0.3) is 0 Å². The lowest BCUT2D eigenvalue weighted by atomic mass is 9.88.